The number of nitrogens with one attached hydrogen (secondary N) is 4. The van der Waals surface area contributed by atoms with Crippen LogP contribution in [-0.2, 0) is 77.2 Å². The van der Waals surface area contributed by atoms with Crippen molar-refractivity contribution in [1.29, 1.82) is 0 Å². The lowest BCUT2D eigenvalue weighted by Gasteiger charge is -2.38. The first-order chi connectivity index (χ1) is 50.4. The molecule has 5 aromatic rings. The lowest BCUT2D eigenvalue weighted by Crippen LogP contribution is -2.57. The molecule has 1 unspecified atom stereocenters. The number of nitrogens with zero attached hydrogens (tertiary/aromatic N) is 8. The first-order valence-electron chi connectivity index (χ1n) is 37.5. The fourth-order valence-electron chi connectivity index (χ4n) is 15.5. The number of methoxy groups -OCH3 is 2. The number of pyridine rings is 1. The van der Waals surface area contributed by atoms with E-state index < -0.39 is 102 Å². The van der Waals surface area contributed by atoms with Crippen LogP contribution in [0.5, 0.6) is 0 Å². The maximum absolute atomic E-state index is 14.8. The zero-order valence-electron chi connectivity index (χ0n) is 64.2. The maximum atomic E-state index is 14.8. The Balaban J connectivity index is 0.826. The molecule has 2 saturated carbocycles. The normalized spacial score (nSPS) is 20.0. The molecule has 578 valence electrons. The molecule has 4 N–H and O–H groups in total. The maximum Gasteiger partial charge on any atom is 0.308 e. The van der Waals surface area contributed by atoms with Crippen molar-refractivity contribution in [2.75, 3.05) is 55.5 Å². The van der Waals surface area contributed by atoms with Gasteiger partial charge in [-0.05, 0) is 163 Å². The summed E-state index contributed by atoms with van der Waals surface area (Å²) in [5.74, 6) is -4.90. The molecule has 4 aromatic heterocycles. The highest BCUT2D eigenvalue weighted by molar-refractivity contribution is 7.10. The fraction of sp³-hybridized carbons (Fsp3) is 0.628. The number of rotatable bonds is 35. The van der Waals surface area contributed by atoms with Gasteiger partial charge in [0.15, 0.2) is 12.2 Å². The Morgan fingerprint density at radius 1 is 0.566 bits per heavy atom. The number of hydrogen-bond donors (Lipinski definition) is 4. The number of thiazole rings is 2. The van der Waals surface area contributed by atoms with Crippen molar-refractivity contribution in [3.63, 3.8) is 0 Å². The van der Waals surface area contributed by atoms with Gasteiger partial charge in [0.25, 0.3) is 11.8 Å². The molecule has 0 spiro atoms. The molecule has 1 aromatic carbocycles. The third-order valence-corrected chi connectivity index (χ3v) is 23.6. The number of esters is 4. The van der Waals surface area contributed by atoms with Gasteiger partial charge in [-0.25, -0.2) is 9.97 Å². The summed E-state index contributed by atoms with van der Waals surface area (Å²) >= 11 is 2.35. The van der Waals surface area contributed by atoms with Crippen LogP contribution in [-0.4, -0.2) is 202 Å². The number of aryl methyl sites for hydroxylation is 1. The van der Waals surface area contributed by atoms with Gasteiger partial charge in [-0.2, -0.15) is 0 Å². The van der Waals surface area contributed by atoms with E-state index in [0.29, 0.717) is 48.7 Å². The number of likely N-dealkylation sites (tertiary alicyclic amines) is 2. The minimum absolute atomic E-state index is 0.0375. The fourth-order valence-corrected chi connectivity index (χ4v) is 17.1. The molecule has 26 nitrogen and oxygen atoms in total. The molecule has 4 fully saturated rings. The molecule has 6 heterocycles. The van der Waals surface area contributed by atoms with Crippen LogP contribution >= 0.6 is 22.7 Å². The van der Waals surface area contributed by atoms with Gasteiger partial charge in [-0.15, -0.1) is 22.7 Å². The van der Waals surface area contributed by atoms with Gasteiger partial charge in [0.1, 0.15) is 33.5 Å². The molecule has 2 saturated heterocycles. The highest BCUT2D eigenvalue weighted by atomic mass is 32.1. The number of carbonyl (C=O) groups is 10. The number of ether oxygens (including phenoxy) is 4. The molecular formula is C78H110N12O14S2. The van der Waals surface area contributed by atoms with E-state index in [4.69, 9.17) is 23.9 Å². The predicted octanol–water partition coefficient (Wildman–Crippen LogP) is 8.67. The zero-order valence-corrected chi connectivity index (χ0v) is 65.9. The second-order valence-electron chi connectivity index (χ2n) is 30.6. The van der Waals surface area contributed by atoms with E-state index in [9.17, 15) is 47.9 Å². The molecule has 4 aliphatic rings. The number of carbonyl (C=O) groups excluding carboxylic acids is 10. The number of amides is 6. The minimum atomic E-state index is -0.905. The average molecular weight is 1500 g/mol. The Kier molecular flexibility index (Phi) is 28.6. The smallest absolute Gasteiger partial charge is 0.308 e. The van der Waals surface area contributed by atoms with Gasteiger partial charge in [0, 0.05) is 124 Å². The van der Waals surface area contributed by atoms with E-state index in [1.165, 1.54) is 50.7 Å². The van der Waals surface area contributed by atoms with Crippen LogP contribution in [0.15, 0.2) is 59.6 Å². The molecule has 9 rings (SSSR count). The number of aromatic nitrogens is 4. The van der Waals surface area contributed by atoms with E-state index in [0.717, 1.165) is 79.2 Å². The van der Waals surface area contributed by atoms with Crippen LogP contribution in [0.2, 0.25) is 0 Å². The molecule has 6 amide bonds. The van der Waals surface area contributed by atoms with Crippen LogP contribution in [0.4, 0.5) is 0 Å². The number of piperidine rings is 2. The lowest BCUT2D eigenvalue weighted by atomic mass is 9.90. The van der Waals surface area contributed by atoms with Crippen molar-refractivity contribution >= 4 is 92.9 Å². The molecule has 2 aliphatic carbocycles. The third-order valence-electron chi connectivity index (χ3n) is 21.8. The number of hydrogen-bond acceptors (Lipinski definition) is 21. The van der Waals surface area contributed by atoms with Crippen molar-refractivity contribution in [2.45, 2.75) is 218 Å². The third kappa shape index (κ3) is 21.3. The molecule has 2 aliphatic heterocycles. The second kappa shape index (κ2) is 37.1. The van der Waals surface area contributed by atoms with E-state index in [-0.39, 0.29) is 89.9 Å². The highest BCUT2D eigenvalue weighted by Crippen LogP contribution is 2.40. The quantitative estimate of drug-likeness (QED) is 0.0218. The van der Waals surface area contributed by atoms with Crippen molar-refractivity contribution in [3.05, 3.63) is 97.8 Å². The summed E-state index contributed by atoms with van der Waals surface area (Å²) < 4.78 is 24.1. The van der Waals surface area contributed by atoms with Crippen molar-refractivity contribution in [3.8, 4) is 0 Å². The van der Waals surface area contributed by atoms with E-state index in [1.54, 1.807) is 60.9 Å². The Morgan fingerprint density at radius 3 is 1.47 bits per heavy atom. The summed E-state index contributed by atoms with van der Waals surface area (Å²) in [4.78, 5) is 158. The number of likely N-dealkylation sites (N-methyl/N-ethyl adjacent to an activating group) is 4. The summed E-state index contributed by atoms with van der Waals surface area (Å²) in [6.45, 7) is 15.5. The SMILES string of the molecule is COC(=O)[C@@H](C)C[C@H](Cc1ccc2c(c1)cc(C1CC[C@H](C(=O)N[C@H](C(=O)N(C)[C@H](C[C@@H](OC(C)=O)c3nc(C(=O)N[C@@H](Cc4ccncc4)C[C@H](C)C(=O)OC)cs3)C(C)C)C3CC3)N(C)C1)n2C)NC(=O)c1csc([C@@H](C[C@H](C(C)C)N(C)C(=O)[C@@H](NC(=O)[C@H]2CCCCN2C)C2CC2)OC(C)=O)n1. The number of fused-ring (bicyclic) bond motifs is 1. The molecule has 13 atom stereocenters. The molecule has 0 bridgehead atoms. The average Bonchev–Trinajstić information content (AvgIpc) is 1.63. The van der Waals surface area contributed by atoms with Crippen molar-refractivity contribution in [2.24, 2.45) is 42.6 Å². The van der Waals surface area contributed by atoms with Crippen LogP contribution < -0.4 is 21.3 Å². The highest BCUT2D eigenvalue weighted by Gasteiger charge is 2.45. The summed E-state index contributed by atoms with van der Waals surface area (Å²) in [5, 5.41) is 17.5. The molecular weight excluding hydrogens is 1390 g/mol. The molecule has 106 heavy (non-hydrogen) atoms. The monoisotopic (exact) mass is 1500 g/mol. The van der Waals surface area contributed by atoms with E-state index >= 15 is 0 Å². The Labute approximate surface area is 630 Å². The van der Waals surface area contributed by atoms with Crippen LogP contribution in [0, 0.1) is 35.5 Å². The second-order valence-corrected chi connectivity index (χ2v) is 32.4. The van der Waals surface area contributed by atoms with Gasteiger partial charge in [0.2, 0.25) is 23.6 Å². The van der Waals surface area contributed by atoms with Crippen molar-refractivity contribution < 1.29 is 66.9 Å². The predicted molar refractivity (Wildman–Crippen MR) is 402 cm³/mol. The van der Waals surface area contributed by atoms with Crippen LogP contribution in [0.25, 0.3) is 10.9 Å². The van der Waals surface area contributed by atoms with Crippen molar-refractivity contribution in [1.82, 2.24) is 60.4 Å². The van der Waals surface area contributed by atoms with Crippen LogP contribution in [0.3, 0.4) is 0 Å². The Morgan fingerprint density at radius 2 is 1.04 bits per heavy atom. The molecule has 0 radical (unpaired) electrons. The Hall–Kier alpha value is -8.21. The van der Waals surface area contributed by atoms with Crippen LogP contribution in [0.1, 0.15) is 205 Å². The molecule has 28 heteroatoms. The number of benzene rings is 1. The van der Waals surface area contributed by atoms with E-state index in [2.05, 4.69) is 63.8 Å². The topological polar surface area (TPSA) is 312 Å². The first-order valence-corrected chi connectivity index (χ1v) is 39.2. The van der Waals surface area contributed by atoms with Gasteiger partial charge >= 0.3 is 23.9 Å². The summed E-state index contributed by atoms with van der Waals surface area (Å²) in [6, 6.07) is 7.88. The Bertz CT molecular complexity index is 3910. The van der Waals surface area contributed by atoms with Gasteiger partial charge in [-0.3, -0.25) is 62.7 Å². The summed E-state index contributed by atoms with van der Waals surface area (Å²) in [7, 11) is 12.0. The van der Waals surface area contributed by atoms with Gasteiger partial charge in [0.05, 0.1) is 38.1 Å². The van der Waals surface area contributed by atoms with E-state index in [1.807, 2.05) is 67.0 Å². The minimum Gasteiger partial charge on any atom is -0.469 e. The standard InChI is InChI=1S/C78H110N12O14S2/c1-43(2)62(89(12)75(97)67(51-20-21-51)84-71(95)60-18-16-17-31-86(60)9)38-66(104-48(8)92)74-83-58(42-106-74)70(94)81-56(33-46(6)78(100)102-15)36-50-19-25-59-54(34-50)37-64(88(59)11)53-24-26-61(87(10)40-53)72(96)85-68(52-22-23-52)76(98)90(13)63(44(3)4)39-65(103-47(7)91)73-82-57(41-105-73)69(93)80-55(32-45(5)77(99)101-14)35-49-27-29-79-30-28-49/h19,25,27-30,34,37,41-46,51-53,55-56,60-63,65-68H,16-18,20-24,26,31-33,35-36,38-40H2,1-15H3,(H,80,93)(H,81,94)(H,84,95)(H,85,96)/t45-,46-,53?,55+,56+,60+,61+,62+,63+,65+,66+,67-,68-/m0/s1. The summed E-state index contributed by atoms with van der Waals surface area (Å²) in [5.41, 5.74) is 4.14. The largest absolute Gasteiger partial charge is 0.469 e. The zero-order chi connectivity index (χ0) is 77.0. The lowest BCUT2D eigenvalue weighted by molar-refractivity contribution is -0.150. The van der Waals surface area contributed by atoms with Gasteiger partial charge in [-0.1, -0.05) is 54.0 Å². The van der Waals surface area contributed by atoms with Gasteiger partial charge < -0.3 is 54.6 Å². The first kappa shape index (κ1) is 81.9. The summed E-state index contributed by atoms with van der Waals surface area (Å²) in [6.07, 6.45) is 10.4.